The second-order valence-electron chi connectivity index (χ2n) is 9.68. The SMILES string of the molecule is CC1=C(C2=C(C)[C@@]3(C)C[P@]2C=C3c2ccccc2)[P@@]2C=C(c3ccccc3)[C@]1(C)C2. The van der Waals surface area contributed by atoms with E-state index in [1.54, 1.807) is 32.9 Å². The van der Waals surface area contributed by atoms with Gasteiger partial charge in [-0.25, -0.2) is 0 Å². The van der Waals surface area contributed by atoms with Crippen LogP contribution in [0.15, 0.2) is 94.1 Å². The molecule has 4 aliphatic rings. The van der Waals surface area contributed by atoms with E-state index in [-0.39, 0.29) is 26.7 Å². The maximum atomic E-state index is 2.67. The summed E-state index contributed by atoms with van der Waals surface area (Å²) in [6.45, 7) is 9.89. The van der Waals surface area contributed by atoms with E-state index in [0.717, 1.165) is 0 Å². The lowest BCUT2D eigenvalue weighted by Crippen LogP contribution is -2.19. The number of benzene rings is 2. The highest BCUT2D eigenvalue weighted by Crippen LogP contribution is 2.81. The van der Waals surface area contributed by atoms with Gasteiger partial charge in [-0.1, -0.05) is 97.3 Å². The Balaban J connectivity index is 1.41. The minimum Gasteiger partial charge on any atom is -0.0622 e. The summed E-state index contributed by atoms with van der Waals surface area (Å²) in [5.74, 6) is 5.33. The molecular formula is C28H28P2. The van der Waals surface area contributed by atoms with Gasteiger partial charge >= 0.3 is 0 Å². The molecule has 2 aromatic carbocycles. The van der Waals surface area contributed by atoms with E-state index in [4.69, 9.17) is 0 Å². The second kappa shape index (κ2) is 6.38. The average Bonchev–Trinajstić information content (AvgIpc) is 3.43. The summed E-state index contributed by atoms with van der Waals surface area (Å²) in [5, 5.41) is 3.53. The highest BCUT2D eigenvalue weighted by Gasteiger charge is 2.54. The van der Waals surface area contributed by atoms with Crippen LogP contribution in [0, 0.1) is 10.8 Å². The zero-order valence-corrected chi connectivity index (χ0v) is 20.0. The van der Waals surface area contributed by atoms with Gasteiger partial charge in [-0.05, 0) is 74.9 Å². The van der Waals surface area contributed by atoms with E-state index in [2.05, 4.69) is 100.0 Å². The Bertz CT molecular complexity index is 1090. The van der Waals surface area contributed by atoms with Gasteiger partial charge in [-0.3, -0.25) is 0 Å². The molecule has 0 fully saturated rings. The first-order valence-electron chi connectivity index (χ1n) is 11.0. The summed E-state index contributed by atoms with van der Waals surface area (Å²) < 4.78 is 0. The van der Waals surface area contributed by atoms with Crippen molar-refractivity contribution in [2.75, 3.05) is 12.3 Å². The maximum Gasteiger partial charge on any atom is 0.0192 e. The first-order chi connectivity index (χ1) is 14.4. The molecule has 0 saturated heterocycles. The largest absolute Gasteiger partial charge is 0.0622 e. The number of hydrogen-bond donors (Lipinski definition) is 0. The van der Waals surface area contributed by atoms with Crippen molar-refractivity contribution in [3.05, 3.63) is 105 Å². The van der Waals surface area contributed by atoms with Gasteiger partial charge in [0.1, 0.15) is 0 Å². The van der Waals surface area contributed by atoms with Crippen LogP contribution >= 0.6 is 15.8 Å². The Morgan fingerprint density at radius 3 is 1.30 bits per heavy atom. The predicted octanol–water partition coefficient (Wildman–Crippen LogP) is 8.65. The van der Waals surface area contributed by atoms with Crippen molar-refractivity contribution in [2.24, 2.45) is 10.8 Å². The van der Waals surface area contributed by atoms with Crippen molar-refractivity contribution in [1.82, 2.24) is 0 Å². The summed E-state index contributed by atoms with van der Waals surface area (Å²) >= 11 is 0. The van der Waals surface area contributed by atoms with E-state index in [0.29, 0.717) is 0 Å². The Labute approximate surface area is 183 Å². The molecule has 0 N–H and O–H groups in total. The molecule has 0 aromatic heterocycles. The molecule has 0 radical (unpaired) electrons. The quantitative estimate of drug-likeness (QED) is 0.431. The van der Waals surface area contributed by atoms with Crippen LogP contribution in [0.3, 0.4) is 0 Å². The summed E-state index contributed by atoms with van der Waals surface area (Å²) in [6.07, 6.45) is 2.64. The predicted molar refractivity (Wildman–Crippen MR) is 134 cm³/mol. The molecular weight excluding hydrogens is 398 g/mol. The Morgan fingerprint density at radius 2 is 0.967 bits per heavy atom. The summed E-state index contributed by atoms with van der Waals surface area (Å²) in [7, 11) is -0.354. The van der Waals surface area contributed by atoms with Crippen molar-refractivity contribution >= 4 is 27.0 Å². The molecule has 30 heavy (non-hydrogen) atoms. The molecule has 0 aliphatic carbocycles. The molecule has 0 saturated carbocycles. The van der Waals surface area contributed by atoms with Crippen LogP contribution in [0.4, 0.5) is 0 Å². The minimum atomic E-state index is -0.177. The number of rotatable bonds is 3. The van der Waals surface area contributed by atoms with Crippen LogP contribution in [0.2, 0.25) is 0 Å². The molecule has 0 amide bonds. The molecule has 0 spiro atoms. The van der Waals surface area contributed by atoms with Gasteiger partial charge in [0.15, 0.2) is 0 Å². The van der Waals surface area contributed by atoms with Crippen LogP contribution < -0.4 is 0 Å². The number of fused-ring (bicyclic) bond motifs is 4. The standard InChI is InChI=1S/C28H28P2/c1-19-25(29-15-23(27(19,3)17-29)21-11-7-5-8-12-21)26-20(2)28(4)18-30(26)16-24(28)22-13-9-6-10-14-22/h5-16H,17-18H2,1-4H3/t27-,28-,29+,30+/m1/s1. The van der Waals surface area contributed by atoms with Crippen LogP contribution in [0.5, 0.6) is 0 Å². The first-order valence-corrected chi connectivity index (χ1v) is 14.1. The lowest BCUT2D eigenvalue weighted by molar-refractivity contribution is 0.623. The molecule has 6 rings (SSSR count). The summed E-state index contributed by atoms with van der Waals surface area (Å²) in [6, 6.07) is 22.2. The molecule has 4 bridgehead atoms. The Hall–Kier alpha value is -1.74. The highest BCUT2D eigenvalue weighted by atomic mass is 31.1. The van der Waals surface area contributed by atoms with Crippen LogP contribution in [0.1, 0.15) is 38.8 Å². The molecule has 2 aromatic rings. The molecule has 0 nitrogen and oxygen atoms in total. The van der Waals surface area contributed by atoms with E-state index in [1.165, 1.54) is 23.5 Å². The Kier molecular flexibility index (Phi) is 4.04. The van der Waals surface area contributed by atoms with Crippen molar-refractivity contribution in [2.45, 2.75) is 27.7 Å². The smallest absolute Gasteiger partial charge is 0.0192 e. The molecule has 2 heteroatoms. The van der Waals surface area contributed by atoms with Crippen LogP contribution in [-0.4, -0.2) is 12.3 Å². The Morgan fingerprint density at radius 1 is 0.600 bits per heavy atom. The molecule has 0 unspecified atom stereocenters. The summed E-state index contributed by atoms with van der Waals surface area (Å²) in [4.78, 5) is 0. The second-order valence-corrected chi connectivity index (χ2v) is 13.6. The zero-order valence-electron chi connectivity index (χ0n) is 18.2. The normalized spacial score (nSPS) is 34.1. The number of allylic oxidation sites excluding steroid dienone is 6. The third-order valence-corrected chi connectivity index (χ3v) is 13.6. The van der Waals surface area contributed by atoms with Crippen molar-refractivity contribution in [3.8, 4) is 0 Å². The fourth-order valence-corrected chi connectivity index (χ4v) is 13.5. The summed E-state index contributed by atoms with van der Waals surface area (Å²) in [5.41, 5.74) is 9.78. The molecule has 150 valence electrons. The van der Waals surface area contributed by atoms with Crippen molar-refractivity contribution < 1.29 is 0 Å². The minimum absolute atomic E-state index is 0.177. The van der Waals surface area contributed by atoms with Crippen LogP contribution in [-0.2, 0) is 0 Å². The van der Waals surface area contributed by atoms with Gasteiger partial charge in [0.25, 0.3) is 0 Å². The van der Waals surface area contributed by atoms with E-state index in [9.17, 15) is 0 Å². The van der Waals surface area contributed by atoms with Gasteiger partial charge in [-0.15, -0.1) is 0 Å². The van der Waals surface area contributed by atoms with E-state index < -0.39 is 0 Å². The van der Waals surface area contributed by atoms with Crippen LogP contribution in [0.25, 0.3) is 11.1 Å². The molecule has 4 aliphatic heterocycles. The van der Waals surface area contributed by atoms with E-state index >= 15 is 0 Å². The lowest BCUT2D eigenvalue weighted by Gasteiger charge is -2.32. The van der Waals surface area contributed by atoms with Gasteiger partial charge in [0.2, 0.25) is 0 Å². The van der Waals surface area contributed by atoms with Gasteiger partial charge in [0.05, 0.1) is 0 Å². The van der Waals surface area contributed by atoms with Gasteiger partial charge in [-0.2, -0.15) is 0 Å². The van der Waals surface area contributed by atoms with Gasteiger partial charge < -0.3 is 0 Å². The van der Waals surface area contributed by atoms with Crippen molar-refractivity contribution in [1.29, 1.82) is 0 Å². The lowest BCUT2D eigenvalue weighted by atomic mass is 9.74. The highest BCUT2D eigenvalue weighted by molar-refractivity contribution is 7.72. The third kappa shape index (κ3) is 2.36. The fourth-order valence-electron chi connectivity index (χ4n) is 6.07. The third-order valence-electron chi connectivity index (χ3n) is 8.07. The zero-order chi connectivity index (χ0) is 20.7. The average molecular weight is 426 g/mol. The van der Waals surface area contributed by atoms with E-state index in [1.807, 2.05) is 0 Å². The topological polar surface area (TPSA) is 0 Å². The monoisotopic (exact) mass is 426 g/mol. The molecule has 4 heterocycles. The first kappa shape index (κ1) is 19.0. The number of hydrogen-bond acceptors (Lipinski definition) is 0. The fraction of sp³-hybridized carbons (Fsp3) is 0.286. The molecule has 4 atom stereocenters. The van der Waals surface area contributed by atoms with Crippen molar-refractivity contribution in [3.63, 3.8) is 0 Å². The maximum absolute atomic E-state index is 2.67. The van der Waals surface area contributed by atoms with Gasteiger partial charge in [0, 0.05) is 10.8 Å².